The molecule has 3 N–H and O–H groups in total. The van der Waals surface area contributed by atoms with Crippen molar-refractivity contribution in [3.05, 3.63) is 0 Å². The van der Waals surface area contributed by atoms with Crippen molar-refractivity contribution in [1.82, 2.24) is 10.2 Å². The van der Waals surface area contributed by atoms with Crippen molar-refractivity contribution in [2.75, 3.05) is 46.4 Å². The minimum absolute atomic E-state index is 0. The maximum atomic E-state index is 5.75. The standard InChI is InChI=1S/C15H32N4O.HI/c1-13-10-14(2)12-19(11-13)8-5-4-6-17-15(16)18-7-9-20-3;/h13-14H,4-12H2,1-3H3,(H3,16,17,18);1H. The lowest BCUT2D eigenvalue weighted by molar-refractivity contribution is 0.139. The summed E-state index contributed by atoms with van der Waals surface area (Å²) in [5.41, 5.74) is 5.75. The molecule has 0 aromatic heterocycles. The van der Waals surface area contributed by atoms with E-state index in [-0.39, 0.29) is 24.0 Å². The van der Waals surface area contributed by atoms with Crippen LogP contribution < -0.4 is 11.1 Å². The molecule has 0 aromatic rings. The third-order valence-electron chi connectivity index (χ3n) is 3.72. The van der Waals surface area contributed by atoms with Crippen LogP contribution in [0.15, 0.2) is 4.99 Å². The summed E-state index contributed by atoms with van der Waals surface area (Å²) in [4.78, 5) is 6.92. The van der Waals surface area contributed by atoms with Gasteiger partial charge in [0.25, 0.3) is 0 Å². The SMILES string of the molecule is COCCNC(N)=NCCCCN1CC(C)CC(C)C1.I. The van der Waals surface area contributed by atoms with Gasteiger partial charge in [-0.05, 0) is 37.6 Å². The molecule has 1 heterocycles. The number of unbranched alkanes of at least 4 members (excludes halogenated alkanes) is 1. The van der Waals surface area contributed by atoms with Gasteiger partial charge in [0.1, 0.15) is 0 Å². The molecule has 0 bridgehead atoms. The molecule has 0 saturated carbocycles. The second kappa shape index (κ2) is 12.5. The van der Waals surface area contributed by atoms with E-state index in [1.807, 2.05) is 0 Å². The number of likely N-dealkylation sites (tertiary alicyclic amines) is 1. The van der Waals surface area contributed by atoms with Gasteiger partial charge in [-0.25, -0.2) is 0 Å². The fourth-order valence-corrected chi connectivity index (χ4v) is 2.96. The Hall–Kier alpha value is -0.0800. The molecule has 1 rings (SSSR count). The van der Waals surface area contributed by atoms with E-state index in [4.69, 9.17) is 10.5 Å². The molecule has 1 aliphatic rings. The minimum Gasteiger partial charge on any atom is -0.383 e. The largest absolute Gasteiger partial charge is 0.383 e. The first-order valence-corrected chi connectivity index (χ1v) is 7.87. The van der Waals surface area contributed by atoms with Crippen LogP contribution in [0.1, 0.15) is 33.1 Å². The third kappa shape index (κ3) is 10.3. The van der Waals surface area contributed by atoms with Crippen LogP contribution in [-0.4, -0.2) is 57.3 Å². The van der Waals surface area contributed by atoms with Crippen LogP contribution in [0.2, 0.25) is 0 Å². The molecule has 1 fully saturated rings. The number of rotatable bonds is 8. The summed E-state index contributed by atoms with van der Waals surface area (Å²) in [6.45, 7) is 10.6. The van der Waals surface area contributed by atoms with Crippen LogP contribution >= 0.6 is 24.0 Å². The van der Waals surface area contributed by atoms with Crippen LogP contribution in [0.25, 0.3) is 0 Å². The Labute approximate surface area is 147 Å². The number of hydrogen-bond acceptors (Lipinski definition) is 3. The number of nitrogens with one attached hydrogen (secondary N) is 1. The molecule has 1 saturated heterocycles. The van der Waals surface area contributed by atoms with E-state index in [9.17, 15) is 0 Å². The summed E-state index contributed by atoms with van der Waals surface area (Å²) in [5.74, 6) is 2.22. The Morgan fingerprint density at radius 3 is 2.57 bits per heavy atom. The van der Waals surface area contributed by atoms with E-state index in [2.05, 4.69) is 29.1 Å². The quantitative estimate of drug-likeness (QED) is 0.277. The smallest absolute Gasteiger partial charge is 0.188 e. The van der Waals surface area contributed by atoms with Gasteiger partial charge in [-0.15, -0.1) is 24.0 Å². The highest BCUT2D eigenvalue weighted by molar-refractivity contribution is 14.0. The molecule has 0 radical (unpaired) electrons. The predicted octanol–water partition coefficient (Wildman–Crippen LogP) is 1.91. The molecule has 1 aliphatic heterocycles. The maximum absolute atomic E-state index is 5.75. The highest BCUT2D eigenvalue weighted by Gasteiger charge is 2.20. The van der Waals surface area contributed by atoms with Gasteiger partial charge in [-0.2, -0.15) is 0 Å². The molecule has 0 spiro atoms. The van der Waals surface area contributed by atoms with Crippen LogP contribution in [0, 0.1) is 11.8 Å². The predicted molar refractivity (Wildman–Crippen MR) is 100 cm³/mol. The summed E-state index contributed by atoms with van der Waals surface area (Å²) in [7, 11) is 1.68. The van der Waals surface area contributed by atoms with Gasteiger partial charge in [-0.1, -0.05) is 13.8 Å². The van der Waals surface area contributed by atoms with E-state index in [1.54, 1.807) is 7.11 Å². The lowest BCUT2D eigenvalue weighted by Gasteiger charge is -2.34. The van der Waals surface area contributed by atoms with Crippen molar-refractivity contribution in [3.63, 3.8) is 0 Å². The van der Waals surface area contributed by atoms with E-state index in [1.165, 1.54) is 32.5 Å². The highest BCUT2D eigenvalue weighted by Crippen LogP contribution is 2.20. The number of nitrogens with two attached hydrogens (primary N) is 1. The van der Waals surface area contributed by atoms with E-state index in [0.29, 0.717) is 12.6 Å². The molecule has 2 unspecified atom stereocenters. The minimum atomic E-state index is 0. The zero-order valence-corrected chi connectivity index (χ0v) is 16.1. The van der Waals surface area contributed by atoms with Crippen LogP contribution in [0.5, 0.6) is 0 Å². The van der Waals surface area contributed by atoms with Crippen molar-refractivity contribution < 1.29 is 4.74 Å². The zero-order valence-electron chi connectivity index (χ0n) is 13.8. The summed E-state index contributed by atoms with van der Waals surface area (Å²) in [6, 6.07) is 0. The topological polar surface area (TPSA) is 62.9 Å². The van der Waals surface area contributed by atoms with Crippen molar-refractivity contribution >= 4 is 29.9 Å². The molecule has 0 aliphatic carbocycles. The van der Waals surface area contributed by atoms with Crippen molar-refractivity contribution in [2.45, 2.75) is 33.1 Å². The number of nitrogens with zero attached hydrogens (tertiary/aromatic N) is 2. The van der Waals surface area contributed by atoms with Gasteiger partial charge in [0.05, 0.1) is 6.61 Å². The lowest BCUT2D eigenvalue weighted by atomic mass is 9.92. The highest BCUT2D eigenvalue weighted by atomic mass is 127. The molecule has 126 valence electrons. The summed E-state index contributed by atoms with van der Waals surface area (Å²) >= 11 is 0. The van der Waals surface area contributed by atoms with Crippen molar-refractivity contribution in [2.24, 2.45) is 22.6 Å². The molecule has 2 atom stereocenters. The number of hydrogen-bond donors (Lipinski definition) is 2. The number of halogens is 1. The third-order valence-corrected chi connectivity index (χ3v) is 3.72. The molecule has 6 heteroatoms. The number of piperidine rings is 1. The van der Waals surface area contributed by atoms with Gasteiger partial charge in [0, 0.05) is 33.3 Å². The molecular formula is C15H33IN4O. The maximum Gasteiger partial charge on any atom is 0.188 e. The Morgan fingerprint density at radius 1 is 1.29 bits per heavy atom. The van der Waals surface area contributed by atoms with Gasteiger partial charge < -0.3 is 20.7 Å². The molecule has 0 aromatic carbocycles. The number of guanidine groups is 1. The van der Waals surface area contributed by atoms with Crippen LogP contribution in [0.3, 0.4) is 0 Å². The molecule has 5 nitrogen and oxygen atoms in total. The second-order valence-electron chi connectivity index (χ2n) is 6.10. The van der Waals surface area contributed by atoms with Crippen molar-refractivity contribution in [3.8, 4) is 0 Å². The second-order valence-corrected chi connectivity index (χ2v) is 6.10. The Kier molecular flexibility index (Phi) is 12.4. The lowest BCUT2D eigenvalue weighted by Crippen LogP contribution is -2.39. The first-order valence-electron chi connectivity index (χ1n) is 7.87. The van der Waals surface area contributed by atoms with Gasteiger partial charge >= 0.3 is 0 Å². The average Bonchev–Trinajstić information content (AvgIpc) is 2.37. The van der Waals surface area contributed by atoms with Crippen LogP contribution in [0.4, 0.5) is 0 Å². The number of methoxy groups -OCH3 is 1. The number of aliphatic imine (C=N–C) groups is 1. The number of ether oxygens (including phenoxy) is 1. The van der Waals surface area contributed by atoms with E-state index < -0.39 is 0 Å². The first kappa shape index (κ1) is 20.9. The molecule has 21 heavy (non-hydrogen) atoms. The summed E-state index contributed by atoms with van der Waals surface area (Å²) in [6.07, 6.45) is 3.69. The molecular weight excluding hydrogens is 379 g/mol. The fraction of sp³-hybridized carbons (Fsp3) is 0.933. The average molecular weight is 412 g/mol. The van der Waals surface area contributed by atoms with Crippen molar-refractivity contribution in [1.29, 1.82) is 0 Å². The van der Waals surface area contributed by atoms with Gasteiger partial charge in [-0.3, -0.25) is 4.99 Å². The first-order chi connectivity index (χ1) is 9.61. The van der Waals surface area contributed by atoms with Crippen LogP contribution in [-0.2, 0) is 4.74 Å². The summed E-state index contributed by atoms with van der Waals surface area (Å²) < 4.78 is 4.94. The Bertz CT molecular complexity index is 279. The van der Waals surface area contributed by atoms with Gasteiger partial charge in [0.2, 0.25) is 0 Å². The van der Waals surface area contributed by atoms with E-state index in [0.717, 1.165) is 31.3 Å². The monoisotopic (exact) mass is 412 g/mol. The summed E-state index contributed by atoms with van der Waals surface area (Å²) in [5, 5.41) is 3.03. The zero-order chi connectivity index (χ0) is 14.8. The van der Waals surface area contributed by atoms with Gasteiger partial charge in [0.15, 0.2) is 5.96 Å². The Morgan fingerprint density at radius 2 is 1.95 bits per heavy atom. The Balaban J connectivity index is 0.00000400. The normalized spacial score (nSPS) is 23.7. The fourth-order valence-electron chi connectivity index (χ4n) is 2.96. The molecule has 0 amide bonds. The van der Waals surface area contributed by atoms with E-state index >= 15 is 0 Å².